The fourth-order valence-electron chi connectivity index (χ4n) is 1.63. The minimum Gasteiger partial charge on any atom is -0.370 e. The molecule has 0 amide bonds. The number of nitrogens with two attached hydrogens (primary N) is 1. The molecule has 1 heterocycles. The van der Waals surface area contributed by atoms with Gasteiger partial charge in [-0.3, -0.25) is 4.90 Å². The van der Waals surface area contributed by atoms with Crippen molar-refractivity contribution in [3.8, 4) is 0 Å². The van der Waals surface area contributed by atoms with Crippen molar-refractivity contribution in [1.82, 2.24) is 10.2 Å². The van der Waals surface area contributed by atoms with Gasteiger partial charge in [0.2, 0.25) is 0 Å². The summed E-state index contributed by atoms with van der Waals surface area (Å²) in [6.07, 6.45) is 3.47. The number of hydrogen-bond acceptors (Lipinski definition) is 2. The Kier molecular flexibility index (Phi) is 5.77. The second kappa shape index (κ2) is 7.12. The third kappa shape index (κ3) is 6.12. The summed E-state index contributed by atoms with van der Waals surface area (Å²) in [5.74, 6) is 0.511. The highest BCUT2D eigenvalue weighted by molar-refractivity contribution is 5.77. The summed E-state index contributed by atoms with van der Waals surface area (Å²) in [5.41, 5.74) is 8.24. The van der Waals surface area contributed by atoms with E-state index in [1.165, 1.54) is 12.0 Å². The second-order valence-corrected chi connectivity index (χ2v) is 4.69. The molecule has 17 heavy (non-hydrogen) atoms. The maximum Gasteiger partial charge on any atom is 0.188 e. The van der Waals surface area contributed by atoms with Crippen LogP contribution in [0.25, 0.3) is 0 Å². The summed E-state index contributed by atoms with van der Waals surface area (Å²) < 4.78 is 0. The van der Waals surface area contributed by atoms with Gasteiger partial charge in [0.1, 0.15) is 0 Å². The zero-order valence-corrected chi connectivity index (χ0v) is 11.0. The Morgan fingerprint density at radius 2 is 2.41 bits per heavy atom. The fourth-order valence-corrected chi connectivity index (χ4v) is 1.63. The van der Waals surface area contributed by atoms with Crippen LogP contribution in [0.2, 0.25) is 0 Å². The molecule has 1 rings (SSSR count). The first-order valence-electron chi connectivity index (χ1n) is 6.14. The molecule has 0 radical (unpaired) electrons. The van der Waals surface area contributed by atoms with Crippen molar-refractivity contribution in [2.24, 2.45) is 10.7 Å². The smallest absolute Gasteiger partial charge is 0.188 e. The molecule has 0 fully saturated rings. The van der Waals surface area contributed by atoms with Gasteiger partial charge in [0.15, 0.2) is 5.96 Å². The summed E-state index contributed by atoms with van der Waals surface area (Å²) in [6.45, 7) is 12.6. The Morgan fingerprint density at radius 3 is 3.00 bits per heavy atom. The molecule has 0 aliphatic carbocycles. The van der Waals surface area contributed by atoms with Crippen LogP contribution >= 0.6 is 0 Å². The van der Waals surface area contributed by atoms with E-state index in [9.17, 15) is 0 Å². The summed E-state index contributed by atoms with van der Waals surface area (Å²) in [7, 11) is 0. The van der Waals surface area contributed by atoms with Gasteiger partial charge in [-0.05, 0) is 20.3 Å². The standard InChI is InChI=1S/C13H24N4/c1-11(2)10-16-13(14)15-6-9-17-7-4-12(3)5-8-17/h4H,1,5-10H2,2-3H3,(H3,14,15,16). The van der Waals surface area contributed by atoms with Gasteiger partial charge >= 0.3 is 0 Å². The maximum atomic E-state index is 5.73. The molecule has 3 N–H and O–H groups in total. The molecule has 0 aromatic rings. The highest BCUT2D eigenvalue weighted by atomic mass is 15.2. The van der Waals surface area contributed by atoms with Crippen LogP contribution in [0.1, 0.15) is 20.3 Å². The van der Waals surface area contributed by atoms with Crippen LogP contribution in [0.15, 0.2) is 28.8 Å². The molecule has 0 unspecified atom stereocenters. The Morgan fingerprint density at radius 1 is 1.65 bits per heavy atom. The number of hydrogen-bond donors (Lipinski definition) is 2. The number of guanidine groups is 1. The number of nitrogens with zero attached hydrogens (tertiary/aromatic N) is 2. The van der Waals surface area contributed by atoms with Gasteiger partial charge in [0.05, 0.1) is 6.54 Å². The zero-order valence-electron chi connectivity index (χ0n) is 11.0. The molecule has 0 atom stereocenters. The normalized spacial score (nSPS) is 17.8. The van der Waals surface area contributed by atoms with Crippen molar-refractivity contribution in [1.29, 1.82) is 0 Å². The third-order valence-electron chi connectivity index (χ3n) is 2.77. The van der Waals surface area contributed by atoms with Gasteiger partial charge in [-0.2, -0.15) is 0 Å². The minimum absolute atomic E-state index is 0.511. The lowest BCUT2D eigenvalue weighted by atomic mass is 10.1. The fraction of sp³-hybridized carbons (Fsp3) is 0.615. The monoisotopic (exact) mass is 236 g/mol. The van der Waals surface area contributed by atoms with E-state index in [-0.39, 0.29) is 0 Å². The van der Waals surface area contributed by atoms with E-state index in [0.717, 1.165) is 31.8 Å². The number of nitrogens with one attached hydrogen (secondary N) is 1. The van der Waals surface area contributed by atoms with Crippen molar-refractivity contribution in [2.75, 3.05) is 32.7 Å². The average Bonchev–Trinajstić information content (AvgIpc) is 2.29. The Bertz CT molecular complexity index is 317. The molecule has 0 spiro atoms. The molecule has 0 aromatic carbocycles. The summed E-state index contributed by atoms with van der Waals surface area (Å²) in [6, 6.07) is 0. The van der Waals surface area contributed by atoms with E-state index in [0.29, 0.717) is 12.5 Å². The molecular formula is C13H24N4. The van der Waals surface area contributed by atoms with Crippen LogP contribution in [-0.2, 0) is 0 Å². The Hall–Kier alpha value is -1.29. The van der Waals surface area contributed by atoms with Crippen LogP contribution < -0.4 is 11.1 Å². The lowest BCUT2D eigenvalue weighted by Crippen LogP contribution is -2.40. The van der Waals surface area contributed by atoms with Crippen LogP contribution in [0.3, 0.4) is 0 Å². The SMILES string of the molecule is C=C(C)CN=C(N)NCCN1CC=C(C)CC1. The van der Waals surface area contributed by atoms with Gasteiger partial charge in [-0.15, -0.1) is 0 Å². The first-order valence-corrected chi connectivity index (χ1v) is 6.14. The maximum absolute atomic E-state index is 5.73. The van der Waals surface area contributed by atoms with Gasteiger partial charge in [0, 0.05) is 26.2 Å². The van der Waals surface area contributed by atoms with E-state index < -0.39 is 0 Å². The predicted octanol–water partition coefficient (Wildman–Crippen LogP) is 1.12. The van der Waals surface area contributed by atoms with Crippen LogP contribution in [0.4, 0.5) is 0 Å². The number of rotatable bonds is 5. The first kappa shape index (κ1) is 13.8. The molecule has 0 aromatic heterocycles. The lowest BCUT2D eigenvalue weighted by Gasteiger charge is -2.25. The van der Waals surface area contributed by atoms with E-state index in [1.807, 2.05) is 6.92 Å². The van der Waals surface area contributed by atoms with Gasteiger partial charge < -0.3 is 11.1 Å². The molecule has 4 heteroatoms. The van der Waals surface area contributed by atoms with Gasteiger partial charge in [0.25, 0.3) is 0 Å². The minimum atomic E-state index is 0.511. The van der Waals surface area contributed by atoms with Crippen LogP contribution in [0, 0.1) is 0 Å². The predicted molar refractivity (Wildman–Crippen MR) is 74.1 cm³/mol. The zero-order chi connectivity index (χ0) is 12.7. The molecule has 0 saturated heterocycles. The molecule has 1 aliphatic rings. The van der Waals surface area contributed by atoms with E-state index in [4.69, 9.17) is 5.73 Å². The molecular weight excluding hydrogens is 212 g/mol. The van der Waals surface area contributed by atoms with Crippen molar-refractivity contribution in [3.05, 3.63) is 23.8 Å². The molecule has 1 aliphatic heterocycles. The van der Waals surface area contributed by atoms with Crippen molar-refractivity contribution >= 4 is 5.96 Å². The van der Waals surface area contributed by atoms with Crippen LogP contribution in [-0.4, -0.2) is 43.6 Å². The largest absolute Gasteiger partial charge is 0.370 e. The molecule has 0 saturated carbocycles. The van der Waals surface area contributed by atoms with Crippen molar-refractivity contribution in [3.63, 3.8) is 0 Å². The lowest BCUT2D eigenvalue weighted by molar-refractivity contribution is 0.298. The average molecular weight is 236 g/mol. The van der Waals surface area contributed by atoms with Gasteiger partial charge in [-0.25, -0.2) is 4.99 Å². The van der Waals surface area contributed by atoms with E-state index in [2.05, 4.69) is 34.8 Å². The summed E-state index contributed by atoms with van der Waals surface area (Å²) >= 11 is 0. The summed E-state index contributed by atoms with van der Waals surface area (Å²) in [4.78, 5) is 6.58. The summed E-state index contributed by atoms with van der Waals surface area (Å²) in [5, 5.41) is 3.12. The molecule has 96 valence electrons. The highest BCUT2D eigenvalue weighted by Gasteiger charge is 2.08. The quantitative estimate of drug-likeness (QED) is 0.427. The third-order valence-corrected chi connectivity index (χ3v) is 2.77. The Labute approximate surface area is 104 Å². The molecule has 4 nitrogen and oxygen atoms in total. The van der Waals surface area contributed by atoms with E-state index >= 15 is 0 Å². The van der Waals surface area contributed by atoms with Gasteiger partial charge in [-0.1, -0.05) is 23.8 Å². The first-order chi connectivity index (χ1) is 8.08. The topological polar surface area (TPSA) is 53.6 Å². The molecule has 0 bridgehead atoms. The van der Waals surface area contributed by atoms with Crippen molar-refractivity contribution < 1.29 is 0 Å². The van der Waals surface area contributed by atoms with Crippen molar-refractivity contribution in [2.45, 2.75) is 20.3 Å². The second-order valence-electron chi connectivity index (χ2n) is 4.69. The highest BCUT2D eigenvalue weighted by Crippen LogP contribution is 2.08. The number of aliphatic imine (C=N–C) groups is 1. The Balaban J connectivity index is 2.15. The van der Waals surface area contributed by atoms with Crippen LogP contribution in [0.5, 0.6) is 0 Å². The van der Waals surface area contributed by atoms with E-state index in [1.54, 1.807) is 0 Å².